The summed E-state index contributed by atoms with van der Waals surface area (Å²) in [6, 6.07) is 21.1. The Morgan fingerprint density at radius 3 is 2.29 bits per heavy atom. The molecule has 0 unspecified atom stereocenters. The fraction of sp³-hybridized carbons (Fsp3) is 0.0909. The SMILES string of the molecule is OC1=C(O)c2c(ccc3cc4ccc5ccccc5c4cc23)CC1. The predicted molar refractivity (Wildman–Crippen MR) is 99.5 cm³/mol. The van der Waals surface area contributed by atoms with Crippen molar-refractivity contribution in [1.82, 2.24) is 0 Å². The van der Waals surface area contributed by atoms with Crippen LogP contribution in [0.2, 0.25) is 0 Å². The Hall–Kier alpha value is -3.00. The van der Waals surface area contributed by atoms with Gasteiger partial charge in [-0.1, -0.05) is 48.5 Å². The molecule has 0 saturated carbocycles. The maximum atomic E-state index is 10.4. The van der Waals surface area contributed by atoms with Crippen molar-refractivity contribution in [3.63, 3.8) is 0 Å². The van der Waals surface area contributed by atoms with Crippen molar-refractivity contribution in [2.75, 3.05) is 0 Å². The van der Waals surface area contributed by atoms with E-state index in [4.69, 9.17) is 0 Å². The van der Waals surface area contributed by atoms with Crippen LogP contribution in [-0.4, -0.2) is 10.2 Å². The van der Waals surface area contributed by atoms with Crippen LogP contribution in [0.5, 0.6) is 0 Å². The third-order valence-electron chi connectivity index (χ3n) is 5.11. The average molecular weight is 312 g/mol. The van der Waals surface area contributed by atoms with Gasteiger partial charge in [0.25, 0.3) is 0 Å². The summed E-state index contributed by atoms with van der Waals surface area (Å²) in [6.07, 6.45) is 1.26. The molecule has 0 spiro atoms. The fourth-order valence-corrected chi connectivity index (χ4v) is 3.88. The summed E-state index contributed by atoms with van der Waals surface area (Å²) in [7, 11) is 0. The highest BCUT2D eigenvalue weighted by atomic mass is 16.3. The van der Waals surface area contributed by atoms with Crippen LogP contribution in [0.1, 0.15) is 17.5 Å². The minimum absolute atomic E-state index is 0.0291. The maximum Gasteiger partial charge on any atom is 0.161 e. The van der Waals surface area contributed by atoms with E-state index in [9.17, 15) is 10.2 Å². The molecular weight excluding hydrogens is 296 g/mol. The van der Waals surface area contributed by atoms with E-state index in [0.29, 0.717) is 6.42 Å². The van der Waals surface area contributed by atoms with E-state index in [1.165, 1.54) is 21.5 Å². The van der Waals surface area contributed by atoms with Gasteiger partial charge in [-0.15, -0.1) is 0 Å². The molecule has 0 aromatic heterocycles. The lowest BCUT2D eigenvalue weighted by atomic mass is 9.88. The van der Waals surface area contributed by atoms with Gasteiger partial charge < -0.3 is 10.2 Å². The fourth-order valence-electron chi connectivity index (χ4n) is 3.88. The standard InChI is InChI=1S/C22H16O2/c23-20-10-9-14-6-8-16-11-15-7-5-13-3-1-2-4-17(13)18(15)12-19(16)21(14)22(20)24/h1-8,11-12,23-24H,9-10H2. The number of aliphatic hydroxyl groups excluding tert-OH is 2. The van der Waals surface area contributed by atoms with Crippen LogP contribution in [0.25, 0.3) is 38.1 Å². The molecule has 4 aromatic carbocycles. The Balaban J connectivity index is 1.98. The minimum atomic E-state index is 0.0291. The molecule has 0 fully saturated rings. The highest BCUT2D eigenvalue weighted by molar-refractivity contribution is 6.13. The summed E-state index contributed by atoms with van der Waals surface area (Å²) in [5.74, 6) is 0.120. The minimum Gasteiger partial charge on any atom is -0.508 e. The van der Waals surface area contributed by atoms with E-state index in [0.717, 1.165) is 28.3 Å². The Morgan fingerprint density at radius 1 is 0.625 bits per heavy atom. The van der Waals surface area contributed by atoms with Gasteiger partial charge in [0.2, 0.25) is 0 Å². The van der Waals surface area contributed by atoms with E-state index in [2.05, 4.69) is 54.6 Å². The summed E-state index contributed by atoms with van der Waals surface area (Å²) in [5, 5.41) is 27.3. The molecule has 0 aliphatic heterocycles. The monoisotopic (exact) mass is 312 g/mol. The first kappa shape index (κ1) is 13.4. The second kappa shape index (κ2) is 4.75. The number of benzene rings is 4. The third-order valence-corrected chi connectivity index (χ3v) is 5.11. The largest absolute Gasteiger partial charge is 0.508 e. The van der Waals surface area contributed by atoms with Gasteiger partial charge >= 0.3 is 0 Å². The van der Waals surface area contributed by atoms with Crippen molar-refractivity contribution < 1.29 is 10.2 Å². The van der Waals surface area contributed by atoms with Gasteiger partial charge in [0.1, 0.15) is 5.76 Å². The molecule has 0 atom stereocenters. The quantitative estimate of drug-likeness (QED) is 0.314. The molecule has 4 aromatic rings. The smallest absolute Gasteiger partial charge is 0.161 e. The number of hydrogen-bond acceptors (Lipinski definition) is 2. The second-order valence-corrected chi connectivity index (χ2v) is 6.48. The van der Waals surface area contributed by atoms with Crippen LogP contribution < -0.4 is 0 Å². The van der Waals surface area contributed by atoms with Gasteiger partial charge in [0.15, 0.2) is 5.76 Å². The molecule has 1 aliphatic carbocycles. The molecule has 5 rings (SSSR count). The van der Waals surface area contributed by atoms with Crippen LogP contribution in [0.15, 0.2) is 66.4 Å². The molecule has 116 valence electrons. The maximum absolute atomic E-state index is 10.4. The van der Waals surface area contributed by atoms with E-state index in [1.54, 1.807) is 0 Å². The third kappa shape index (κ3) is 1.77. The van der Waals surface area contributed by atoms with Gasteiger partial charge in [-0.2, -0.15) is 0 Å². The number of fused-ring (bicyclic) bond motifs is 6. The molecular formula is C22H16O2. The van der Waals surface area contributed by atoms with Gasteiger partial charge in [0.05, 0.1) is 0 Å². The highest BCUT2D eigenvalue weighted by Crippen LogP contribution is 2.37. The topological polar surface area (TPSA) is 40.5 Å². The molecule has 24 heavy (non-hydrogen) atoms. The Morgan fingerprint density at radius 2 is 1.38 bits per heavy atom. The van der Waals surface area contributed by atoms with Crippen LogP contribution in [0.3, 0.4) is 0 Å². The molecule has 2 N–H and O–H groups in total. The zero-order valence-corrected chi connectivity index (χ0v) is 13.1. The molecule has 0 amide bonds. The van der Waals surface area contributed by atoms with Gasteiger partial charge in [-0.3, -0.25) is 0 Å². The molecule has 2 nitrogen and oxygen atoms in total. The van der Waals surface area contributed by atoms with Crippen molar-refractivity contribution in [1.29, 1.82) is 0 Å². The molecule has 0 heterocycles. The van der Waals surface area contributed by atoms with Crippen molar-refractivity contribution in [2.24, 2.45) is 0 Å². The Bertz CT molecular complexity index is 1170. The lowest BCUT2D eigenvalue weighted by Gasteiger charge is -2.19. The summed E-state index contributed by atoms with van der Waals surface area (Å²) in [4.78, 5) is 0. The van der Waals surface area contributed by atoms with Crippen LogP contribution in [0.4, 0.5) is 0 Å². The first-order valence-electron chi connectivity index (χ1n) is 8.21. The van der Waals surface area contributed by atoms with E-state index >= 15 is 0 Å². The molecule has 0 saturated heterocycles. The van der Waals surface area contributed by atoms with Gasteiger partial charge in [0, 0.05) is 12.0 Å². The zero-order chi connectivity index (χ0) is 16.3. The van der Waals surface area contributed by atoms with Crippen molar-refractivity contribution in [3.8, 4) is 0 Å². The molecule has 2 heteroatoms. The first-order valence-corrected chi connectivity index (χ1v) is 8.21. The van der Waals surface area contributed by atoms with E-state index in [1.807, 2.05) is 6.07 Å². The van der Waals surface area contributed by atoms with E-state index < -0.39 is 0 Å². The summed E-state index contributed by atoms with van der Waals surface area (Å²) >= 11 is 0. The molecule has 1 aliphatic rings. The normalized spacial score (nSPS) is 14.5. The van der Waals surface area contributed by atoms with Crippen molar-refractivity contribution in [3.05, 3.63) is 77.5 Å². The summed E-state index contributed by atoms with van der Waals surface area (Å²) < 4.78 is 0. The molecule has 0 bridgehead atoms. The number of rotatable bonds is 0. The van der Waals surface area contributed by atoms with Crippen molar-refractivity contribution in [2.45, 2.75) is 12.8 Å². The number of hydrogen-bond donors (Lipinski definition) is 2. The van der Waals surface area contributed by atoms with Crippen LogP contribution in [0, 0.1) is 0 Å². The predicted octanol–water partition coefficient (Wildman–Crippen LogP) is 5.88. The Kier molecular flexibility index (Phi) is 2.66. The lowest BCUT2D eigenvalue weighted by molar-refractivity contribution is 0.356. The first-order chi connectivity index (χ1) is 11.7. The van der Waals surface area contributed by atoms with Gasteiger partial charge in [-0.05, 0) is 56.4 Å². The Labute approximate surface area is 139 Å². The second-order valence-electron chi connectivity index (χ2n) is 6.48. The number of allylic oxidation sites excluding steroid dienone is 1. The van der Waals surface area contributed by atoms with Crippen LogP contribution >= 0.6 is 0 Å². The summed E-state index contributed by atoms with van der Waals surface area (Å²) in [5.41, 5.74) is 1.88. The van der Waals surface area contributed by atoms with E-state index in [-0.39, 0.29) is 11.5 Å². The number of aliphatic hydroxyl groups is 2. The highest BCUT2D eigenvalue weighted by Gasteiger charge is 2.20. The van der Waals surface area contributed by atoms with Gasteiger partial charge in [-0.25, -0.2) is 0 Å². The molecule has 0 radical (unpaired) electrons. The van der Waals surface area contributed by atoms with Crippen molar-refractivity contribution >= 4 is 38.1 Å². The van der Waals surface area contributed by atoms with Crippen LogP contribution in [-0.2, 0) is 6.42 Å². The average Bonchev–Trinajstić information content (AvgIpc) is 2.62. The zero-order valence-electron chi connectivity index (χ0n) is 13.1. The lowest BCUT2D eigenvalue weighted by Crippen LogP contribution is -2.05. The number of aryl methyl sites for hydroxylation is 1. The summed E-state index contributed by atoms with van der Waals surface area (Å²) in [6.45, 7) is 0.